The monoisotopic (exact) mass is 402 g/mol. The first kappa shape index (κ1) is 18.9. The number of benzene rings is 1. The second-order valence-corrected chi connectivity index (χ2v) is 7.94. The van der Waals surface area contributed by atoms with Gasteiger partial charge in [0.25, 0.3) is 0 Å². The van der Waals surface area contributed by atoms with Crippen LogP contribution in [0.25, 0.3) is 0 Å². The van der Waals surface area contributed by atoms with Crippen LogP contribution in [0, 0.1) is 5.82 Å². The lowest BCUT2D eigenvalue weighted by molar-refractivity contribution is 0.224. The molecule has 2 amide bonds. The predicted molar refractivity (Wildman–Crippen MR) is 108 cm³/mol. The van der Waals surface area contributed by atoms with E-state index in [1.165, 1.54) is 24.1 Å². The average Bonchev–Trinajstić information content (AvgIpc) is 2.72. The molecule has 0 aliphatic carbocycles. The fraction of sp³-hybridized carbons (Fsp3) is 0.421. The number of fused-ring (bicyclic) bond motifs is 1. The van der Waals surface area contributed by atoms with Crippen molar-refractivity contribution in [1.82, 2.24) is 19.2 Å². The maximum Gasteiger partial charge on any atom is 0.334 e. The normalized spacial score (nSPS) is 17.8. The van der Waals surface area contributed by atoms with Crippen molar-refractivity contribution in [1.29, 1.82) is 0 Å². The van der Waals surface area contributed by atoms with Gasteiger partial charge in [0.2, 0.25) is 5.95 Å². The molecule has 0 spiro atoms. The molecule has 0 bridgehead atoms. The molecular weight excluding hydrogens is 379 g/mol. The van der Waals surface area contributed by atoms with Crippen LogP contribution in [0.5, 0.6) is 0 Å². The van der Waals surface area contributed by atoms with E-state index in [9.17, 15) is 9.18 Å². The Bertz CT molecular complexity index is 830. The van der Waals surface area contributed by atoms with Crippen molar-refractivity contribution in [2.24, 2.45) is 0 Å². The molecule has 2 aromatic rings. The Balaban J connectivity index is 1.26. The van der Waals surface area contributed by atoms with Crippen molar-refractivity contribution in [2.45, 2.75) is 11.3 Å². The molecule has 1 fully saturated rings. The van der Waals surface area contributed by atoms with Gasteiger partial charge in [-0.05, 0) is 42.6 Å². The number of hydrogen-bond donors (Lipinski definition) is 0. The molecule has 148 valence electrons. The summed E-state index contributed by atoms with van der Waals surface area (Å²) in [6.07, 6.45) is 4.41. The molecule has 0 N–H and O–H groups in total. The van der Waals surface area contributed by atoms with E-state index < -0.39 is 0 Å². The third-order valence-electron chi connectivity index (χ3n) is 5.03. The maximum absolute atomic E-state index is 13.5. The first-order valence-corrected chi connectivity index (χ1v) is 10.2. The van der Waals surface area contributed by atoms with Crippen LogP contribution in [0.4, 0.5) is 20.8 Å². The average molecular weight is 402 g/mol. The SMILES string of the molecule is CN1C(=O)N(CCCN2CCN(c3ncccn3)CC2)Sc2cc(F)ccc21. The highest BCUT2D eigenvalue weighted by Crippen LogP contribution is 2.38. The van der Waals surface area contributed by atoms with Crippen LogP contribution in [0.3, 0.4) is 0 Å². The summed E-state index contributed by atoms with van der Waals surface area (Å²) in [5, 5.41) is 0. The summed E-state index contributed by atoms with van der Waals surface area (Å²) in [4.78, 5) is 28.1. The summed E-state index contributed by atoms with van der Waals surface area (Å²) in [5.41, 5.74) is 0.756. The second-order valence-electron chi connectivity index (χ2n) is 6.88. The van der Waals surface area contributed by atoms with E-state index >= 15 is 0 Å². The zero-order valence-electron chi connectivity index (χ0n) is 15.8. The molecule has 4 rings (SSSR count). The first-order chi connectivity index (χ1) is 13.6. The summed E-state index contributed by atoms with van der Waals surface area (Å²) in [7, 11) is 1.73. The van der Waals surface area contributed by atoms with Crippen LogP contribution in [-0.4, -0.2) is 71.5 Å². The van der Waals surface area contributed by atoms with Gasteiger partial charge in [-0.2, -0.15) is 0 Å². The van der Waals surface area contributed by atoms with Gasteiger partial charge in [-0.25, -0.2) is 19.2 Å². The number of halogens is 1. The quantitative estimate of drug-likeness (QED) is 0.717. The van der Waals surface area contributed by atoms with E-state index in [1.807, 2.05) is 6.07 Å². The fourth-order valence-corrected chi connectivity index (χ4v) is 4.59. The zero-order chi connectivity index (χ0) is 19.5. The molecule has 0 atom stereocenters. The van der Waals surface area contributed by atoms with E-state index in [-0.39, 0.29) is 11.8 Å². The molecule has 2 aliphatic rings. The van der Waals surface area contributed by atoms with Crippen molar-refractivity contribution in [3.63, 3.8) is 0 Å². The standard InChI is InChI=1S/C19H23FN6OS/c1-23-16-5-4-15(20)14-17(16)28-26(19(23)27)9-3-8-24-10-12-25(13-11-24)18-21-6-2-7-22-18/h2,4-7,14H,3,8-13H2,1H3. The van der Waals surface area contributed by atoms with E-state index in [0.29, 0.717) is 6.54 Å². The summed E-state index contributed by atoms with van der Waals surface area (Å²) < 4.78 is 15.3. The van der Waals surface area contributed by atoms with Crippen LogP contribution in [0.1, 0.15) is 6.42 Å². The minimum absolute atomic E-state index is 0.0600. The Morgan fingerprint density at radius 3 is 2.61 bits per heavy atom. The van der Waals surface area contributed by atoms with Crippen LogP contribution >= 0.6 is 11.9 Å². The Kier molecular flexibility index (Phi) is 5.63. The highest BCUT2D eigenvalue weighted by molar-refractivity contribution is 7.97. The predicted octanol–water partition coefficient (Wildman–Crippen LogP) is 2.71. The molecule has 1 aromatic carbocycles. The molecular formula is C19H23FN6OS. The highest BCUT2D eigenvalue weighted by atomic mass is 32.2. The van der Waals surface area contributed by atoms with Gasteiger partial charge in [0, 0.05) is 58.7 Å². The Morgan fingerprint density at radius 1 is 1.11 bits per heavy atom. The van der Waals surface area contributed by atoms with Crippen LogP contribution in [0.2, 0.25) is 0 Å². The number of hydrogen-bond acceptors (Lipinski definition) is 6. The van der Waals surface area contributed by atoms with Crippen LogP contribution in [0.15, 0.2) is 41.6 Å². The molecule has 9 heteroatoms. The zero-order valence-corrected chi connectivity index (χ0v) is 16.6. The van der Waals surface area contributed by atoms with E-state index in [2.05, 4.69) is 19.8 Å². The number of carbonyl (C=O) groups excluding carboxylic acids is 1. The summed E-state index contributed by atoms with van der Waals surface area (Å²) in [6, 6.07) is 6.29. The molecule has 3 heterocycles. The minimum atomic E-state index is -0.283. The number of urea groups is 1. The van der Waals surface area contributed by atoms with Crippen LogP contribution < -0.4 is 9.80 Å². The number of nitrogens with zero attached hydrogens (tertiary/aromatic N) is 6. The largest absolute Gasteiger partial charge is 0.338 e. The first-order valence-electron chi connectivity index (χ1n) is 9.39. The molecule has 0 radical (unpaired) electrons. The third kappa shape index (κ3) is 4.05. The van der Waals surface area contributed by atoms with Crippen molar-refractivity contribution in [3.8, 4) is 0 Å². The molecule has 2 aliphatic heterocycles. The lowest BCUT2D eigenvalue weighted by Gasteiger charge is -2.36. The lowest BCUT2D eigenvalue weighted by atomic mass is 10.3. The van der Waals surface area contributed by atoms with Gasteiger partial charge >= 0.3 is 6.03 Å². The maximum atomic E-state index is 13.5. The van der Waals surface area contributed by atoms with E-state index in [0.717, 1.165) is 55.7 Å². The number of anilines is 2. The summed E-state index contributed by atoms with van der Waals surface area (Å²) >= 11 is 1.33. The van der Waals surface area contributed by atoms with Gasteiger partial charge in [-0.1, -0.05) is 0 Å². The van der Waals surface area contributed by atoms with Gasteiger partial charge in [0.1, 0.15) is 5.82 Å². The van der Waals surface area contributed by atoms with Gasteiger partial charge in [0.05, 0.1) is 10.6 Å². The number of carbonyl (C=O) groups is 1. The van der Waals surface area contributed by atoms with Gasteiger partial charge in [0.15, 0.2) is 0 Å². The summed E-state index contributed by atoms with van der Waals surface area (Å²) in [6.45, 7) is 5.26. The second kappa shape index (κ2) is 8.32. The molecule has 28 heavy (non-hydrogen) atoms. The van der Waals surface area contributed by atoms with Crippen molar-refractivity contribution in [3.05, 3.63) is 42.5 Å². The highest BCUT2D eigenvalue weighted by Gasteiger charge is 2.29. The number of rotatable bonds is 5. The van der Waals surface area contributed by atoms with Crippen molar-refractivity contribution >= 4 is 29.6 Å². The van der Waals surface area contributed by atoms with Gasteiger partial charge in [-0.15, -0.1) is 0 Å². The van der Waals surface area contributed by atoms with E-state index in [4.69, 9.17) is 0 Å². The van der Waals surface area contributed by atoms with Gasteiger partial charge in [-0.3, -0.25) is 14.1 Å². The third-order valence-corrected chi connectivity index (χ3v) is 6.12. The molecule has 7 nitrogen and oxygen atoms in total. The number of amides is 2. The topological polar surface area (TPSA) is 55.8 Å². The fourth-order valence-electron chi connectivity index (χ4n) is 3.47. The van der Waals surface area contributed by atoms with Crippen molar-refractivity contribution in [2.75, 3.05) is 56.1 Å². The van der Waals surface area contributed by atoms with E-state index in [1.54, 1.807) is 34.7 Å². The Morgan fingerprint density at radius 2 is 1.86 bits per heavy atom. The van der Waals surface area contributed by atoms with Crippen LogP contribution in [-0.2, 0) is 0 Å². The molecule has 0 unspecified atom stereocenters. The smallest absolute Gasteiger partial charge is 0.334 e. The van der Waals surface area contributed by atoms with Gasteiger partial charge < -0.3 is 4.90 Å². The molecule has 0 saturated carbocycles. The minimum Gasteiger partial charge on any atom is -0.338 e. The Hall–Kier alpha value is -2.39. The molecule has 1 aromatic heterocycles. The lowest BCUT2D eigenvalue weighted by Crippen LogP contribution is -2.48. The summed E-state index contributed by atoms with van der Waals surface area (Å²) in [5.74, 6) is 0.501. The number of aromatic nitrogens is 2. The molecule has 1 saturated heterocycles. The van der Waals surface area contributed by atoms with Crippen molar-refractivity contribution < 1.29 is 9.18 Å². The Labute approximate surface area is 168 Å². The number of piperazine rings is 1.